The van der Waals surface area contributed by atoms with Gasteiger partial charge in [0.2, 0.25) is 0 Å². The van der Waals surface area contributed by atoms with Crippen LogP contribution in [-0.4, -0.2) is 19.2 Å². The van der Waals surface area contributed by atoms with Crippen LogP contribution in [0.4, 0.5) is 3.89 Å². The molecular formula is C6H8FNO2S2. The van der Waals surface area contributed by atoms with Crippen molar-refractivity contribution in [3.05, 3.63) is 16.1 Å². The third-order valence-electron chi connectivity index (χ3n) is 1.42. The molecule has 0 amide bonds. The van der Waals surface area contributed by atoms with Gasteiger partial charge in [0.15, 0.2) is 0 Å². The maximum absolute atomic E-state index is 12.1. The van der Waals surface area contributed by atoms with E-state index in [2.05, 4.69) is 4.98 Å². The lowest BCUT2D eigenvalue weighted by Crippen LogP contribution is -2.01. The molecule has 1 heterocycles. The molecule has 0 saturated carbocycles. The van der Waals surface area contributed by atoms with Crippen LogP contribution in [0.25, 0.3) is 0 Å². The molecule has 6 heteroatoms. The predicted molar refractivity (Wildman–Crippen MR) is 45.4 cm³/mol. The summed E-state index contributed by atoms with van der Waals surface area (Å²) in [7, 11) is -4.34. The van der Waals surface area contributed by atoms with Crippen molar-refractivity contribution in [3.63, 3.8) is 0 Å². The number of aryl methyl sites for hydroxylation is 2. The average molecular weight is 209 g/mol. The molecule has 12 heavy (non-hydrogen) atoms. The molecule has 1 rings (SSSR count). The van der Waals surface area contributed by atoms with E-state index in [-0.39, 0.29) is 6.42 Å². The van der Waals surface area contributed by atoms with Crippen molar-refractivity contribution < 1.29 is 12.3 Å². The van der Waals surface area contributed by atoms with E-state index in [4.69, 9.17) is 0 Å². The molecule has 0 atom stereocenters. The molecule has 1 aromatic rings. The zero-order chi connectivity index (χ0) is 9.19. The molecule has 3 nitrogen and oxygen atoms in total. The molecule has 0 unspecified atom stereocenters. The van der Waals surface area contributed by atoms with Crippen LogP contribution in [0.2, 0.25) is 0 Å². The zero-order valence-corrected chi connectivity index (χ0v) is 8.08. The van der Waals surface area contributed by atoms with Crippen molar-refractivity contribution in [2.75, 3.05) is 5.75 Å². The van der Waals surface area contributed by atoms with Crippen molar-refractivity contribution in [2.24, 2.45) is 0 Å². The monoisotopic (exact) mass is 209 g/mol. The van der Waals surface area contributed by atoms with Crippen LogP contribution in [0, 0.1) is 6.92 Å². The van der Waals surface area contributed by atoms with Crippen LogP contribution in [-0.2, 0) is 16.6 Å². The zero-order valence-electron chi connectivity index (χ0n) is 6.45. The number of nitrogens with zero attached hydrogens (tertiary/aromatic N) is 1. The van der Waals surface area contributed by atoms with Gasteiger partial charge in [-0.3, -0.25) is 0 Å². The van der Waals surface area contributed by atoms with Gasteiger partial charge >= 0.3 is 10.2 Å². The largest absolute Gasteiger partial charge is 0.302 e. The smallest absolute Gasteiger partial charge is 0.250 e. The Morgan fingerprint density at radius 3 is 2.75 bits per heavy atom. The van der Waals surface area contributed by atoms with Crippen LogP contribution < -0.4 is 0 Å². The van der Waals surface area contributed by atoms with Gasteiger partial charge in [0.25, 0.3) is 0 Å². The lowest BCUT2D eigenvalue weighted by atomic mass is 10.3. The number of halogens is 1. The normalized spacial score (nSPS) is 11.8. The minimum atomic E-state index is -4.34. The first-order valence-corrected chi connectivity index (χ1v) is 5.73. The lowest BCUT2D eigenvalue weighted by molar-refractivity contribution is 0.551. The van der Waals surface area contributed by atoms with Gasteiger partial charge in [-0.05, 0) is 6.92 Å². The summed E-state index contributed by atoms with van der Waals surface area (Å²) in [5.74, 6) is -0.448. The van der Waals surface area contributed by atoms with Gasteiger partial charge in [-0.15, -0.1) is 15.2 Å². The molecule has 0 aliphatic carbocycles. The van der Waals surface area contributed by atoms with Crippen molar-refractivity contribution >= 4 is 21.6 Å². The maximum Gasteiger partial charge on any atom is 0.302 e. The number of hydrogen-bond acceptors (Lipinski definition) is 4. The van der Waals surface area contributed by atoms with E-state index in [0.717, 1.165) is 10.6 Å². The Balaban J connectivity index is 2.61. The van der Waals surface area contributed by atoms with Gasteiger partial charge in [-0.2, -0.15) is 8.42 Å². The van der Waals surface area contributed by atoms with E-state index in [1.54, 1.807) is 12.4 Å². The van der Waals surface area contributed by atoms with Gasteiger partial charge < -0.3 is 0 Å². The van der Waals surface area contributed by atoms with E-state index in [1.165, 1.54) is 11.3 Å². The second-order valence-corrected chi connectivity index (χ2v) is 4.78. The predicted octanol–water partition coefficient (Wildman–Crippen LogP) is 1.29. The summed E-state index contributed by atoms with van der Waals surface area (Å²) in [5.41, 5.74) is 2.40. The first-order valence-electron chi connectivity index (χ1n) is 3.30. The Morgan fingerprint density at radius 1 is 1.67 bits per heavy atom. The fraction of sp³-hybridized carbons (Fsp3) is 0.500. The SMILES string of the molecule is Cc1ncsc1CCS(=O)(=O)F. The second kappa shape index (κ2) is 3.49. The number of hydrogen-bond donors (Lipinski definition) is 0. The summed E-state index contributed by atoms with van der Waals surface area (Å²) in [4.78, 5) is 4.75. The van der Waals surface area contributed by atoms with E-state index in [1.807, 2.05) is 0 Å². The molecule has 1 aromatic heterocycles. The Hall–Kier alpha value is -0.490. The molecule has 0 bridgehead atoms. The fourth-order valence-electron chi connectivity index (χ4n) is 0.781. The van der Waals surface area contributed by atoms with E-state index >= 15 is 0 Å². The molecule has 0 radical (unpaired) electrons. The number of aromatic nitrogens is 1. The minimum absolute atomic E-state index is 0.218. The molecule has 0 saturated heterocycles. The number of thiazole rings is 1. The third kappa shape index (κ3) is 2.86. The van der Waals surface area contributed by atoms with E-state index < -0.39 is 16.0 Å². The van der Waals surface area contributed by atoms with Gasteiger partial charge in [-0.1, -0.05) is 0 Å². The van der Waals surface area contributed by atoms with Gasteiger partial charge in [0.05, 0.1) is 17.0 Å². The second-order valence-electron chi connectivity index (χ2n) is 2.35. The molecular weight excluding hydrogens is 201 g/mol. The number of rotatable bonds is 3. The molecule has 0 aromatic carbocycles. The van der Waals surface area contributed by atoms with Crippen LogP contribution >= 0.6 is 11.3 Å². The molecule has 0 N–H and O–H groups in total. The average Bonchev–Trinajstić information content (AvgIpc) is 2.29. The maximum atomic E-state index is 12.1. The highest BCUT2D eigenvalue weighted by Crippen LogP contribution is 2.13. The summed E-state index contributed by atoms with van der Waals surface area (Å²) < 4.78 is 32.4. The highest BCUT2D eigenvalue weighted by atomic mass is 32.3. The first-order chi connectivity index (χ1) is 5.49. The highest BCUT2D eigenvalue weighted by Gasteiger charge is 2.09. The van der Waals surface area contributed by atoms with Gasteiger partial charge in [-0.25, -0.2) is 4.98 Å². The van der Waals surface area contributed by atoms with E-state index in [0.29, 0.717) is 0 Å². The molecule has 0 aliphatic rings. The summed E-state index contributed by atoms with van der Waals surface area (Å²) in [6, 6.07) is 0. The topological polar surface area (TPSA) is 47.0 Å². The molecule has 68 valence electrons. The van der Waals surface area contributed by atoms with E-state index in [9.17, 15) is 12.3 Å². The van der Waals surface area contributed by atoms with Crippen molar-refractivity contribution in [3.8, 4) is 0 Å². The standard InChI is InChI=1S/C6H8FNO2S2/c1-5-6(11-4-8-5)2-3-12(7,9)10/h4H,2-3H2,1H3. The van der Waals surface area contributed by atoms with Crippen LogP contribution in [0.15, 0.2) is 5.51 Å². The molecule has 0 spiro atoms. The van der Waals surface area contributed by atoms with Crippen LogP contribution in [0.5, 0.6) is 0 Å². The van der Waals surface area contributed by atoms with Crippen LogP contribution in [0.3, 0.4) is 0 Å². The lowest BCUT2D eigenvalue weighted by Gasteiger charge is -1.93. The highest BCUT2D eigenvalue weighted by molar-refractivity contribution is 7.86. The van der Waals surface area contributed by atoms with Crippen molar-refractivity contribution in [2.45, 2.75) is 13.3 Å². The minimum Gasteiger partial charge on any atom is -0.250 e. The summed E-state index contributed by atoms with van der Waals surface area (Å²) in [6.07, 6.45) is 0.218. The Labute approximate surface area is 74.5 Å². The third-order valence-corrected chi connectivity index (χ3v) is 3.10. The van der Waals surface area contributed by atoms with Crippen LogP contribution in [0.1, 0.15) is 10.6 Å². The molecule has 0 aliphatic heterocycles. The van der Waals surface area contributed by atoms with Gasteiger partial charge in [0.1, 0.15) is 0 Å². The Kier molecular flexibility index (Phi) is 2.79. The Bertz CT molecular complexity index is 357. The summed E-state index contributed by atoms with van der Waals surface area (Å²) in [6.45, 7) is 1.77. The van der Waals surface area contributed by atoms with Crippen molar-refractivity contribution in [1.29, 1.82) is 0 Å². The van der Waals surface area contributed by atoms with Crippen molar-refractivity contribution in [1.82, 2.24) is 4.98 Å². The fourth-order valence-corrected chi connectivity index (χ4v) is 2.14. The summed E-state index contributed by atoms with van der Waals surface area (Å²) in [5, 5.41) is 0. The Morgan fingerprint density at radius 2 is 2.33 bits per heavy atom. The molecule has 0 fully saturated rings. The summed E-state index contributed by atoms with van der Waals surface area (Å²) >= 11 is 1.35. The first kappa shape index (κ1) is 9.60. The quantitative estimate of drug-likeness (QED) is 0.705. The van der Waals surface area contributed by atoms with Gasteiger partial charge in [0, 0.05) is 11.3 Å².